The Balaban J connectivity index is 2.51. The number of rotatable bonds is 3. The Bertz CT molecular complexity index is 589. The summed E-state index contributed by atoms with van der Waals surface area (Å²) in [6.07, 6.45) is 3.48. The number of hydrogen-bond acceptors (Lipinski definition) is 2. The second-order valence-corrected chi connectivity index (χ2v) is 4.54. The van der Waals surface area contributed by atoms with Crippen LogP contribution in [0.15, 0.2) is 35.5 Å². The van der Waals surface area contributed by atoms with Gasteiger partial charge in [0, 0.05) is 17.2 Å². The average molecular weight is 294 g/mol. The average Bonchev–Trinajstić information content (AvgIpc) is 2.61. The normalized spacial score (nSPS) is 10.5. The third-order valence-electron chi connectivity index (χ3n) is 2.38. The zero-order chi connectivity index (χ0) is 12.4. The largest absolute Gasteiger partial charge is 0.347 e. The van der Waals surface area contributed by atoms with Gasteiger partial charge < -0.3 is 5.32 Å². The van der Waals surface area contributed by atoms with Gasteiger partial charge >= 0.3 is 0 Å². The van der Waals surface area contributed by atoms with E-state index in [-0.39, 0.29) is 5.91 Å². The molecule has 2 rings (SSSR count). The number of pyridine rings is 1. The van der Waals surface area contributed by atoms with E-state index in [1.54, 1.807) is 10.5 Å². The molecule has 0 fully saturated rings. The number of nitrogens with zero attached hydrogens (tertiary/aromatic N) is 2. The Morgan fingerprint density at radius 3 is 3.12 bits per heavy atom. The van der Waals surface area contributed by atoms with Crippen LogP contribution in [-0.4, -0.2) is 21.8 Å². The molecule has 0 aromatic carbocycles. The molecule has 1 amide bonds. The van der Waals surface area contributed by atoms with Crippen LogP contribution in [0.25, 0.3) is 5.65 Å². The number of imidazole rings is 1. The fraction of sp³-hybridized carbons (Fsp3) is 0.167. The Kier molecular flexibility index (Phi) is 3.28. The van der Waals surface area contributed by atoms with Crippen LogP contribution < -0.4 is 5.32 Å². The summed E-state index contributed by atoms with van der Waals surface area (Å²) in [5.41, 5.74) is 2.03. The highest BCUT2D eigenvalue weighted by molar-refractivity contribution is 9.10. The summed E-state index contributed by atoms with van der Waals surface area (Å²) in [6.45, 7) is 5.84. The number of halogens is 1. The number of hydrogen-bond donors (Lipinski definition) is 1. The van der Waals surface area contributed by atoms with Gasteiger partial charge in [-0.15, -0.1) is 6.58 Å². The molecule has 88 valence electrons. The zero-order valence-corrected chi connectivity index (χ0v) is 11.0. The summed E-state index contributed by atoms with van der Waals surface area (Å²) in [5, 5.41) is 2.75. The van der Waals surface area contributed by atoms with Crippen LogP contribution in [0.2, 0.25) is 0 Å². The zero-order valence-electron chi connectivity index (χ0n) is 9.40. The van der Waals surface area contributed by atoms with Crippen molar-refractivity contribution in [3.8, 4) is 0 Å². The highest BCUT2D eigenvalue weighted by atomic mass is 79.9. The molecule has 0 saturated carbocycles. The summed E-state index contributed by atoms with van der Waals surface area (Å²) in [7, 11) is 0. The first-order chi connectivity index (χ1) is 8.13. The van der Waals surface area contributed by atoms with E-state index >= 15 is 0 Å². The summed E-state index contributed by atoms with van der Waals surface area (Å²) in [6, 6.07) is 3.76. The van der Waals surface area contributed by atoms with E-state index in [4.69, 9.17) is 0 Å². The third-order valence-corrected chi connectivity index (χ3v) is 2.85. The number of amides is 1. The van der Waals surface area contributed by atoms with Gasteiger partial charge in [-0.3, -0.25) is 9.20 Å². The fourth-order valence-corrected chi connectivity index (χ4v) is 2.00. The van der Waals surface area contributed by atoms with Crippen molar-refractivity contribution in [2.75, 3.05) is 6.54 Å². The summed E-state index contributed by atoms with van der Waals surface area (Å²) >= 11 is 3.38. The molecule has 2 heterocycles. The molecule has 0 aliphatic heterocycles. The van der Waals surface area contributed by atoms with Gasteiger partial charge in [0.25, 0.3) is 5.91 Å². The van der Waals surface area contributed by atoms with Crippen molar-refractivity contribution < 1.29 is 4.79 Å². The monoisotopic (exact) mass is 293 g/mol. The van der Waals surface area contributed by atoms with Gasteiger partial charge in [0.2, 0.25) is 0 Å². The molecule has 17 heavy (non-hydrogen) atoms. The maximum absolute atomic E-state index is 12.0. The first kappa shape index (κ1) is 11.9. The van der Waals surface area contributed by atoms with E-state index in [0.717, 1.165) is 10.1 Å². The van der Waals surface area contributed by atoms with Crippen molar-refractivity contribution in [2.24, 2.45) is 0 Å². The lowest BCUT2D eigenvalue weighted by Gasteiger charge is -2.03. The predicted molar refractivity (Wildman–Crippen MR) is 70.2 cm³/mol. The van der Waals surface area contributed by atoms with Crippen LogP contribution in [-0.2, 0) is 0 Å². The van der Waals surface area contributed by atoms with E-state index in [1.807, 2.05) is 25.3 Å². The van der Waals surface area contributed by atoms with Crippen molar-refractivity contribution in [1.82, 2.24) is 14.7 Å². The van der Waals surface area contributed by atoms with Crippen LogP contribution in [0.3, 0.4) is 0 Å². The molecule has 0 aliphatic carbocycles. The van der Waals surface area contributed by atoms with Crippen molar-refractivity contribution >= 4 is 27.5 Å². The van der Waals surface area contributed by atoms with Gasteiger partial charge in [-0.05, 0) is 35.0 Å². The van der Waals surface area contributed by atoms with E-state index in [1.165, 1.54) is 0 Å². The van der Waals surface area contributed by atoms with Gasteiger partial charge in [0.15, 0.2) is 0 Å². The Morgan fingerprint density at radius 1 is 1.65 bits per heavy atom. The molecule has 4 nitrogen and oxygen atoms in total. The molecule has 2 aromatic rings. The topological polar surface area (TPSA) is 46.4 Å². The lowest BCUT2D eigenvalue weighted by molar-refractivity contribution is 0.0951. The summed E-state index contributed by atoms with van der Waals surface area (Å²) < 4.78 is 2.68. The molecule has 0 atom stereocenters. The molecule has 0 saturated heterocycles. The molecule has 2 aromatic heterocycles. The van der Waals surface area contributed by atoms with Gasteiger partial charge in [0.1, 0.15) is 11.3 Å². The smallest absolute Gasteiger partial charge is 0.270 e. The molecule has 0 radical (unpaired) electrons. The number of aromatic nitrogens is 2. The standard InChI is InChI=1S/C12H12BrN3O/c1-3-6-14-12(17)11-8(2)15-10-5-4-9(13)7-16(10)11/h3-5,7H,1,6H2,2H3,(H,14,17). The summed E-state index contributed by atoms with van der Waals surface area (Å²) in [5.74, 6) is -0.145. The minimum Gasteiger partial charge on any atom is -0.347 e. The molecule has 1 N–H and O–H groups in total. The highest BCUT2D eigenvalue weighted by Gasteiger charge is 2.15. The quantitative estimate of drug-likeness (QED) is 0.883. The minimum absolute atomic E-state index is 0.145. The molecule has 5 heteroatoms. The van der Waals surface area contributed by atoms with Crippen LogP contribution >= 0.6 is 15.9 Å². The SMILES string of the molecule is C=CCNC(=O)c1c(C)nc2ccc(Br)cn12. The molecule has 0 aliphatic rings. The van der Waals surface area contributed by atoms with Crippen LogP contribution in [0, 0.1) is 6.92 Å². The number of carbonyl (C=O) groups excluding carboxylic acids is 1. The lowest BCUT2D eigenvalue weighted by Crippen LogP contribution is -2.25. The van der Waals surface area contributed by atoms with Gasteiger partial charge in [-0.25, -0.2) is 4.98 Å². The highest BCUT2D eigenvalue weighted by Crippen LogP contribution is 2.16. The van der Waals surface area contributed by atoms with E-state index < -0.39 is 0 Å². The van der Waals surface area contributed by atoms with Crippen molar-refractivity contribution in [2.45, 2.75) is 6.92 Å². The number of fused-ring (bicyclic) bond motifs is 1. The Morgan fingerprint density at radius 2 is 2.41 bits per heavy atom. The lowest BCUT2D eigenvalue weighted by atomic mass is 10.3. The van der Waals surface area contributed by atoms with Crippen molar-refractivity contribution in [1.29, 1.82) is 0 Å². The number of carbonyl (C=O) groups is 1. The molecular weight excluding hydrogens is 282 g/mol. The van der Waals surface area contributed by atoms with Gasteiger partial charge in [-0.2, -0.15) is 0 Å². The number of aryl methyl sites for hydroxylation is 1. The van der Waals surface area contributed by atoms with E-state index in [0.29, 0.717) is 17.9 Å². The molecular formula is C12H12BrN3O. The molecule has 0 unspecified atom stereocenters. The van der Waals surface area contributed by atoms with Crippen molar-refractivity contribution in [3.63, 3.8) is 0 Å². The number of nitrogens with one attached hydrogen (secondary N) is 1. The predicted octanol–water partition coefficient (Wildman–Crippen LogP) is 2.32. The van der Waals surface area contributed by atoms with Crippen molar-refractivity contribution in [3.05, 3.63) is 46.8 Å². The van der Waals surface area contributed by atoms with Crippen LogP contribution in [0.5, 0.6) is 0 Å². The first-order valence-electron chi connectivity index (χ1n) is 5.17. The third kappa shape index (κ3) is 2.24. The van der Waals surface area contributed by atoms with E-state index in [9.17, 15) is 4.79 Å². The maximum atomic E-state index is 12.0. The second kappa shape index (κ2) is 4.71. The van der Waals surface area contributed by atoms with E-state index in [2.05, 4.69) is 32.8 Å². The van der Waals surface area contributed by atoms with Crippen LogP contribution in [0.4, 0.5) is 0 Å². The Hall–Kier alpha value is -1.62. The summed E-state index contributed by atoms with van der Waals surface area (Å²) in [4.78, 5) is 16.3. The minimum atomic E-state index is -0.145. The van der Waals surface area contributed by atoms with Crippen LogP contribution in [0.1, 0.15) is 16.2 Å². The molecule has 0 bridgehead atoms. The fourth-order valence-electron chi connectivity index (χ4n) is 1.66. The Labute approximate surface area is 107 Å². The second-order valence-electron chi connectivity index (χ2n) is 3.62. The van der Waals surface area contributed by atoms with Gasteiger partial charge in [0.05, 0.1) is 5.69 Å². The maximum Gasteiger partial charge on any atom is 0.270 e. The van der Waals surface area contributed by atoms with Gasteiger partial charge in [-0.1, -0.05) is 6.08 Å². The first-order valence-corrected chi connectivity index (χ1v) is 5.96. The molecule has 0 spiro atoms.